The topological polar surface area (TPSA) is 61.4 Å². The SMILES string of the molecule is O=C(NO)C(c1ccccc1)c1ccc(NCC2CC=CCC2)cc1. The number of hydroxylamine groups is 1. The number of amides is 1. The van der Waals surface area contributed by atoms with Crippen molar-refractivity contribution in [1.29, 1.82) is 0 Å². The number of benzene rings is 2. The van der Waals surface area contributed by atoms with Crippen LogP contribution >= 0.6 is 0 Å². The minimum absolute atomic E-state index is 0.430. The zero-order valence-electron chi connectivity index (χ0n) is 14.2. The molecule has 0 saturated heterocycles. The van der Waals surface area contributed by atoms with Gasteiger partial charge in [-0.3, -0.25) is 10.0 Å². The van der Waals surface area contributed by atoms with Crippen LogP contribution in [-0.2, 0) is 4.79 Å². The second-order valence-electron chi connectivity index (χ2n) is 6.47. The first-order valence-electron chi connectivity index (χ1n) is 8.75. The molecule has 3 N–H and O–H groups in total. The molecular weight excluding hydrogens is 312 g/mol. The second-order valence-corrected chi connectivity index (χ2v) is 6.47. The molecule has 2 unspecified atom stereocenters. The first-order valence-corrected chi connectivity index (χ1v) is 8.75. The normalized spacial score (nSPS) is 17.7. The van der Waals surface area contributed by atoms with Gasteiger partial charge in [-0.15, -0.1) is 0 Å². The lowest BCUT2D eigenvalue weighted by Crippen LogP contribution is -2.27. The van der Waals surface area contributed by atoms with Crippen LogP contribution in [-0.4, -0.2) is 17.7 Å². The van der Waals surface area contributed by atoms with Crippen LogP contribution in [0.25, 0.3) is 0 Å². The van der Waals surface area contributed by atoms with Gasteiger partial charge in [0.2, 0.25) is 0 Å². The summed E-state index contributed by atoms with van der Waals surface area (Å²) >= 11 is 0. The van der Waals surface area contributed by atoms with Crippen LogP contribution in [0.15, 0.2) is 66.7 Å². The molecule has 0 bridgehead atoms. The average Bonchev–Trinajstić information content (AvgIpc) is 2.69. The highest BCUT2D eigenvalue weighted by Crippen LogP contribution is 2.26. The van der Waals surface area contributed by atoms with Gasteiger partial charge in [0.15, 0.2) is 0 Å². The molecule has 4 heteroatoms. The maximum atomic E-state index is 12.1. The van der Waals surface area contributed by atoms with Gasteiger partial charge in [-0.05, 0) is 48.4 Å². The predicted octanol–water partition coefficient (Wildman–Crippen LogP) is 4.09. The van der Waals surface area contributed by atoms with Gasteiger partial charge in [-0.2, -0.15) is 0 Å². The number of rotatable bonds is 6. The molecule has 4 nitrogen and oxygen atoms in total. The van der Waals surface area contributed by atoms with Crippen molar-refractivity contribution in [2.75, 3.05) is 11.9 Å². The summed E-state index contributed by atoms with van der Waals surface area (Å²) in [5, 5.41) is 12.6. The molecule has 2 aromatic rings. The minimum atomic E-state index is -0.524. The summed E-state index contributed by atoms with van der Waals surface area (Å²) in [5.41, 5.74) is 4.54. The third kappa shape index (κ3) is 4.48. The van der Waals surface area contributed by atoms with Crippen LogP contribution in [0, 0.1) is 5.92 Å². The quantitative estimate of drug-likeness (QED) is 0.423. The zero-order valence-corrected chi connectivity index (χ0v) is 14.2. The Bertz CT molecular complexity index is 710. The van der Waals surface area contributed by atoms with E-state index in [1.807, 2.05) is 54.6 Å². The molecule has 2 atom stereocenters. The number of carbonyl (C=O) groups is 1. The van der Waals surface area contributed by atoms with E-state index in [-0.39, 0.29) is 0 Å². The number of hydrogen-bond acceptors (Lipinski definition) is 3. The molecule has 0 radical (unpaired) electrons. The summed E-state index contributed by atoms with van der Waals surface area (Å²) in [6, 6.07) is 17.3. The Hall–Kier alpha value is -2.59. The number of anilines is 1. The first kappa shape index (κ1) is 17.2. The zero-order chi connectivity index (χ0) is 17.5. The number of hydrogen-bond donors (Lipinski definition) is 3. The van der Waals surface area contributed by atoms with Crippen molar-refractivity contribution < 1.29 is 10.0 Å². The molecule has 0 aromatic heterocycles. The molecule has 1 aliphatic carbocycles. The summed E-state index contributed by atoms with van der Waals surface area (Å²) in [5.74, 6) is -0.272. The Kier molecular flexibility index (Phi) is 5.86. The first-order chi connectivity index (χ1) is 12.3. The van der Waals surface area contributed by atoms with E-state index in [1.165, 1.54) is 12.8 Å². The van der Waals surface area contributed by atoms with E-state index in [1.54, 1.807) is 5.48 Å². The fourth-order valence-corrected chi connectivity index (χ4v) is 3.30. The van der Waals surface area contributed by atoms with Crippen molar-refractivity contribution in [2.24, 2.45) is 5.92 Å². The number of allylic oxidation sites excluding steroid dienone is 2. The molecule has 1 aliphatic rings. The van der Waals surface area contributed by atoms with Crippen molar-refractivity contribution in [3.8, 4) is 0 Å². The summed E-state index contributed by atoms with van der Waals surface area (Å²) in [6.45, 7) is 0.961. The molecule has 0 spiro atoms. The molecular formula is C21H24N2O2. The van der Waals surface area contributed by atoms with Gasteiger partial charge in [0, 0.05) is 12.2 Å². The van der Waals surface area contributed by atoms with Gasteiger partial charge in [0.25, 0.3) is 5.91 Å². The van der Waals surface area contributed by atoms with Crippen molar-refractivity contribution in [3.63, 3.8) is 0 Å². The van der Waals surface area contributed by atoms with Gasteiger partial charge in [0.05, 0.1) is 5.92 Å². The molecule has 2 aromatic carbocycles. The van der Waals surface area contributed by atoms with Crippen molar-refractivity contribution >= 4 is 11.6 Å². The molecule has 0 fully saturated rings. The average molecular weight is 336 g/mol. The Morgan fingerprint density at radius 3 is 2.40 bits per heavy atom. The standard InChI is InChI=1S/C21H24N2O2/c24-21(23-25)20(17-9-5-2-6-10-17)18-11-13-19(14-12-18)22-15-16-7-3-1-4-8-16/h1-3,5-6,9-14,16,20,22,25H,4,7-8,15H2,(H,23,24). The maximum absolute atomic E-state index is 12.1. The summed E-state index contributed by atoms with van der Waals surface area (Å²) in [4.78, 5) is 12.1. The van der Waals surface area contributed by atoms with E-state index in [9.17, 15) is 4.79 Å². The predicted molar refractivity (Wildman–Crippen MR) is 99.6 cm³/mol. The molecule has 0 aliphatic heterocycles. The fourth-order valence-electron chi connectivity index (χ4n) is 3.30. The highest BCUT2D eigenvalue weighted by Gasteiger charge is 2.22. The van der Waals surface area contributed by atoms with Crippen LogP contribution in [0.2, 0.25) is 0 Å². The lowest BCUT2D eigenvalue weighted by Gasteiger charge is -2.19. The van der Waals surface area contributed by atoms with Crippen LogP contribution in [0.3, 0.4) is 0 Å². The second kappa shape index (κ2) is 8.49. The van der Waals surface area contributed by atoms with Gasteiger partial charge in [-0.25, -0.2) is 5.48 Å². The molecule has 3 rings (SSSR count). The molecule has 1 amide bonds. The van der Waals surface area contributed by atoms with E-state index >= 15 is 0 Å². The summed E-state index contributed by atoms with van der Waals surface area (Å²) < 4.78 is 0. The molecule has 25 heavy (non-hydrogen) atoms. The van der Waals surface area contributed by atoms with Crippen LogP contribution < -0.4 is 10.8 Å². The summed E-state index contributed by atoms with van der Waals surface area (Å²) in [6.07, 6.45) is 8.05. The Labute approximate surface area is 148 Å². The third-order valence-electron chi connectivity index (χ3n) is 4.72. The lowest BCUT2D eigenvalue weighted by atomic mass is 9.90. The number of nitrogens with one attached hydrogen (secondary N) is 2. The Morgan fingerprint density at radius 2 is 1.76 bits per heavy atom. The van der Waals surface area contributed by atoms with E-state index in [4.69, 9.17) is 5.21 Å². The van der Waals surface area contributed by atoms with Gasteiger partial charge >= 0.3 is 0 Å². The van der Waals surface area contributed by atoms with E-state index in [0.29, 0.717) is 5.92 Å². The smallest absolute Gasteiger partial charge is 0.255 e. The van der Waals surface area contributed by atoms with Crippen molar-refractivity contribution in [2.45, 2.75) is 25.2 Å². The highest BCUT2D eigenvalue weighted by molar-refractivity contribution is 5.86. The molecule has 130 valence electrons. The van der Waals surface area contributed by atoms with Gasteiger partial charge in [-0.1, -0.05) is 54.6 Å². The Morgan fingerprint density at radius 1 is 1.04 bits per heavy atom. The van der Waals surface area contributed by atoms with Gasteiger partial charge in [0.1, 0.15) is 0 Å². The lowest BCUT2D eigenvalue weighted by molar-refractivity contribution is -0.129. The Balaban J connectivity index is 1.70. The monoisotopic (exact) mass is 336 g/mol. The van der Waals surface area contributed by atoms with E-state index in [0.717, 1.165) is 29.8 Å². The maximum Gasteiger partial charge on any atom is 0.255 e. The van der Waals surface area contributed by atoms with Crippen molar-refractivity contribution in [3.05, 3.63) is 77.9 Å². The highest BCUT2D eigenvalue weighted by atomic mass is 16.5. The largest absolute Gasteiger partial charge is 0.385 e. The summed E-state index contributed by atoms with van der Waals surface area (Å²) in [7, 11) is 0. The van der Waals surface area contributed by atoms with Gasteiger partial charge < -0.3 is 5.32 Å². The van der Waals surface area contributed by atoms with Crippen LogP contribution in [0.5, 0.6) is 0 Å². The fraction of sp³-hybridized carbons (Fsp3) is 0.286. The number of carbonyl (C=O) groups excluding carboxylic acids is 1. The van der Waals surface area contributed by atoms with E-state index in [2.05, 4.69) is 17.5 Å². The van der Waals surface area contributed by atoms with Crippen LogP contribution in [0.1, 0.15) is 36.3 Å². The van der Waals surface area contributed by atoms with Crippen molar-refractivity contribution in [1.82, 2.24) is 5.48 Å². The third-order valence-corrected chi connectivity index (χ3v) is 4.72. The minimum Gasteiger partial charge on any atom is -0.385 e. The molecule has 0 saturated carbocycles. The molecule has 0 heterocycles. The van der Waals surface area contributed by atoms with E-state index < -0.39 is 11.8 Å². The van der Waals surface area contributed by atoms with Crippen LogP contribution in [0.4, 0.5) is 5.69 Å².